The molecule has 1 saturated carbocycles. The van der Waals surface area contributed by atoms with Gasteiger partial charge in [0, 0.05) is 17.9 Å². The first kappa shape index (κ1) is 24.3. The summed E-state index contributed by atoms with van der Waals surface area (Å²) in [5.74, 6) is -1.08. The molecule has 0 aromatic heterocycles. The fourth-order valence-corrected chi connectivity index (χ4v) is 4.95. The number of carbonyl (C=O) groups is 1. The van der Waals surface area contributed by atoms with Crippen LogP contribution < -0.4 is 0 Å². The molecule has 0 aromatic carbocycles. The smallest absolute Gasteiger partial charge is 0.328 e. The molecule has 0 unspecified atom stereocenters. The lowest BCUT2D eigenvalue weighted by Gasteiger charge is -2.51. The van der Waals surface area contributed by atoms with Crippen LogP contribution in [0.2, 0.25) is 0 Å². The molecule has 9 atom stereocenters. The van der Waals surface area contributed by atoms with Gasteiger partial charge in [-0.25, -0.2) is 4.79 Å². The Hall–Kier alpha value is -1.37. The van der Waals surface area contributed by atoms with Gasteiger partial charge >= 0.3 is 5.97 Å². The Morgan fingerprint density at radius 2 is 1.84 bits per heavy atom. The van der Waals surface area contributed by atoms with Gasteiger partial charge in [-0.3, -0.25) is 0 Å². The van der Waals surface area contributed by atoms with Crippen LogP contribution in [0.25, 0.3) is 0 Å². The number of hydrogen-bond acceptors (Lipinski definition) is 9. The summed E-state index contributed by atoms with van der Waals surface area (Å²) in [7, 11) is 0. The van der Waals surface area contributed by atoms with Gasteiger partial charge in [-0.15, -0.1) is 0 Å². The first-order valence-corrected chi connectivity index (χ1v) is 10.3. The van der Waals surface area contributed by atoms with Crippen LogP contribution in [0, 0.1) is 5.41 Å². The van der Waals surface area contributed by atoms with Crippen LogP contribution in [0.1, 0.15) is 33.6 Å². The molecule has 3 fully saturated rings. The van der Waals surface area contributed by atoms with Gasteiger partial charge in [-0.05, 0) is 31.9 Å². The SMILES string of the molecule is CC(=C/C(=O)O)/C=C/[C@@]1(O)[C@]2(C)CO[C@@]1(C)C[C@H](O[C@@H]1O[C@H](CO)[C@@H](O)[C@H](O)[C@H]1O)C2. The molecule has 2 aliphatic heterocycles. The summed E-state index contributed by atoms with van der Waals surface area (Å²) in [6.07, 6.45) is -2.65. The highest BCUT2D eigenvalue weighted by Crippen LogP contribution is 2.58. The van der Waals surface area contributed by atoms with Crippen LogP contribution in [0.15, 0.2) is 23.8 Å². The van der Waals surface area contributed by atoms with Crippen molar-refractivity contribution in [2.45, 2.75) is 81.6 Å². The van der Waals surface area contributed by atoms with E-state index in [1.165, 1.54) is 0 Å². The van der Waals surface area contributed by atoms with Crippen molar-refractivity contribution in [3.8, 4) is 0 Å². The van der Waals surface area contributed by atoms with Crippen LogP contribution in [0.5, 0.6) is 0 Å². The first-order valence-electron chi connectivity index (χ1n) is 10.3. The predicted molar refractivity (Wildman–Crippen MR) is 106 cm³/mol. The van der Waals surface area contributed by atoms with Crippen LogP contribution in [0.3, 0.4) is 0 Å². The number of allylic oxidation sites excluding steroid dienone is 2. The van der Waals surface area contributed by atoms with Crippen molar-refractivity contribution >= 4 is 5.97 Å². The van der Waals surface area contributed by atoms with E-state index in [-0.39, 0.29) is 13.0 Å². The van der Waals surface area contributed by atoms with Crippen molar-refractivity contribution in [3.05, 3.63) is 23.8 Å². The summed E-state index contributed by atoms with van der Waals surface area (Å²) in [5, 5.41) is 60.0. The van der Waals surface area contributed by atoms with Crippen molar-refractivity contribution in [1.82, 2.24) is 0 Å². The van der Waals surface area contributed by atoms with E-state index in [2.05, 4.69) is 0 Å². The second-order valence-corrected chi connectivity index (χ2v) is 9.27. The molecule has 176 valence electrons. The monoisotopic (exact) mass is 444 g/mol. The number of aliphatic carboxylic acids is 1. The van der Waals surface area contributed by atoms with Gasteiger partial charge < -0.3 is 44.8 Å². The molecule has 3 rings (SSSR count). The van der Waals surface area contributed by atoms with Gasteiger partial charge in [0.25, 0.3) is 0 Å². The van der Waals surface area contributed by atoms with Gasteiger partial charge in [-0.1, -0.05) is 13.0 Å². The number of rotatable bonds is 6. The Labute approximate surface area is 180 Å². The van der Waals surface area contributed by atoms with Gasteiger partial charge in [-0.2, -0.15) is 0 Å². The second kappa shape index (κ2) is 8.53. The van der Waals surface area contributed by atoms with E-state index in [4.69, 9.17) is 19.3 Å². The molecule has 31 heavy (non-hydrogen) atoms. The lowest BCUT2D eigenvalue weighted by Crippen LogP contribution is -2.63. The van der Waals surface area contributed by atoms with Crippen molar-refractivity contribution in [3.63, 3.8) is 0 Å². The first-order chi connectivity index (χ1) is 14.4. The number of aliphatic hydroxyl groups is 5. The third-order valence-electron chi connectivity index (χ3n) is 6.84. The van der Waals surface area contributed by atoms with Gasteiger partial charge in [0.05, 0.1) is 19.3 Å². The van der Waals surface area contributed by atoms with Gasteiger partial charge in [0.2, 0.25) is 0 Å². The maximum atomic E-state index is 11.6. The average molecular weight is 444 g/mol. The summed E-state index contributed by atoms with van der Waals surface area (Å²) in [5.41, 5.74) is -2.77. The van der Waals surface area contributed by atoms with E-state index in [0.717, 1.165) is 6.08 Å². The molecule has 6 N–H and O–H groups in total. The zero-order valence-corrected chi connectivity index (χ0v) is 17.8. The highest BCUT2D eigenvalue weighted by Gasteiger charge is 2.67. The quantitative estimate of drug-likeness (QED) is 0.223. The number of hydrogen-bond donors (Lipinski definition) is 6. The van der Waals surface area contributed by atoms with E-state index in [1.807, 2.05) is 6.92 Å². The minimum absolute atomic E-state index is 0.236. The normalized spacial score (nSPS) is 48.3. The van der Waals surface area contributed by atoms with Gasteiger partial charge in [0.15, 0.2) is 6.29 Å². The van der Waals surface area contributed by atoms with E-state index in [9.17, 15) is 30.3 Å². The second-order valence-electron chi connectivity index (χ2n) is 9.27. The number of carboxylic acid groups (broad SMARTS) is 1. The third kappa shape index (κ3) is 4.19. The van der Waals surface area contributed by atoms with Crippen molar-refractivity contribution in [2.24, 2.45) is 5.41 Å². The minimum atomic E-state index is -1.54. The standard InChI is InChI=1S/C21H32O10/c1-11(6-14(23)24)4-5-21(28)19(2)7-12(8-20(21,3)29-10-19)30-18-17(27)16(26)15(25)13(9-22)31-18/h4-6,12-13,15-18,22,25-28H,7-10H2,1-3H3,(H,23,24)/b5-4+,11-6-/t12-,13-,15-,16+,17-,18-,19+,20+,21-/m1/s1. The van der Waals surface area contributed by atoms with E-state index in [1.54, 1.807) is 26.0 Å². The average Bonchev–Trinajstić information content (AvgIpc) is 2.79. The van der Waals surface area contributed by atoms with Crippen LogP contribution in [-0.2, 0) is 19.0 Å². The molecule has 0 amide bonds. The molecule has 3 aliphatic rings. The Morgan fingerprint density at radius 1 is 1.16 bits per heavy atom. The van der Waals surface area contributed by atoms with E-state index < -0.39 is 66.0 Å². The number of aliphatic hydroxyl groups excluding tert-OH is 4. The van der Waals surface area contributed by atoms with Crippen LogP contribution >= 0.6 is 0 Å². The molecular formula is C21H32O10. The zero-order valence-electron chi connectivity index (χ0n) is 17.8. The summed E-state index contributed by atoms with van der Waals surface area (Å²) in [6, 6.07) is 0. The summed E-state index contributed by atoms with van der Waals surface area (Å²) >= 11 is 0. The number of fused-ring (bicyclic) bond motifs is 2. The van der Waals surface area contributed by atoms with Gasteiger partial charge in [0.1, 0.15) is 35.6 Å². The molecule has 1 aliphatic carbocycles. The Kier molecular flexibility index (Phi) is 6.68. The molecule has 10 nitrogen and oxygen atoms in total. The fraction of sp³-hybridized carbons (Fsp3) is 0.762. The highest BCUT2D eigenvalue weighted by molar-refractivity contribution is 5.81. The molecule has 0 aromatic rings. The van der Waals surface area contributed by atoms with Crippen LogP contribution in [0.4, 0.5) is 0 Å². The number of ether oxygens (including phenoxy) is 3. The molecule has 0 spiro atoms. The Bertz CT molecular complexity index is 728. The Balaban J connectivity index is 1.78. The van der Waals surface area contributed by atoms with Crippen LogP contribution in [-0.4, -0.2) is 97.8 Å². The Morgan fingerprint density at radius 3 is 2.42 bits per heavy atom. The molecule has 0 radical (unpaired) electrons. The molecule has 2 saturated heterocycles. The minimum Gasteiger partial charge on any atom is -0.478 e. The maximum absolute atomic E-state index is 11.6. The topological polar surface area (TPSA) is 166 Å². The fourth-order valence-electron chi connectivity index (χ4n) is 4.95. The summed E-state index contributed by atoms with van der Waals surface area (Å²) in [4.78, 5) is 10.9. The largest absolute Gasteiger partial charge is 0.478 e. The van der Waals surface area contributed by atoms with Crippen molar-refractivity contribution in [1.29, 1.82) is 0 Å². The molecular weight excluding hydrogens is 412 g/mol. The van der Waals surface area contributed by atoms with E-state index >= 15 is 0 Å². The summed E-state index contributed by atoms with van der Waals surface area (Å²) in [6.45, 7) is 4.88. The molecule has 10 heteroatoms. The van der Waals surface area contributed by atoms with Crippen molar-refractivity contribution < 1.29 is 49.6 Å². The lowest BCUT2D eigenvalue weighted by molar-refractivity contribution is -0.319. The molecule has 2 heterocycles. The summed E-state index contributed by atoms with van der Waals surface area (Å²) < 4.78 is 17.3. The predicted octanol–water partition coefficient (Wildman–Crippen LogP) is -0.921. The van der Waals surface area contributed by atoms with E-state index in [0.29, 0.717) is 12.0 Å². The molecule has 2 bridgehead atoms. The third-order valence-corrected chi connectivity index (χ3v) is 6.84. The lowest BCUT2D eigenvalue weighted by atomic mass is 9.59. The highest BCUT2D eigenvalue weighted by atomic mass is 16.7. The zero-order chi connectivity index (χ0) is 23.2. The number of carboxylic acids is 1. The van der Waals surface area contributed by atoms with Crippen molar-refractivity contribution in [2.75, 3.05) is 13.2 Å². The maximum Gasteiger partial charge on any atom is 0.328 e.